The van der Waals surface area contributed by atoms with Crippen LogP contribution in [0.5, 0.6) is 5.75 Å². The Morgan fingerprint density at radius 3 is 2.50 bits per heavy atom. The van der Waals surface area contributed by atoms with E-state index in [0.717, 1.165) is 4.47 Å². The molecule has 0 spiro atoms. The molecule has 0 aliphatic carbocycles. The minimum absolute atomic E-state index is 0.0239. The molecule has 0 saturated carbocycles. The van der Waals surface area contributed by atoms with Gasteiger partial charge in [-0.2, -0.15) is 0 Å². The molecule has 1 rings (SSSR count). The van der Waals surface area contributed by atoms with E-state index in [9.17, 15) is 4.79 Å². The molecule has 0 bridgehead atoms. The largest absolute Gasteiger partial charge is 0.496 e. The Balaban J connectivity index is 3.08. The van der Waals surface area contributed by atoms with Crippen molar-refractivity contribution < 1.29 is 9.53 Å². The molecule has 0 saturated heterocycles. The van der Waals surface area contributed by atoms with Crippen LogP contribution in [0, 0.1) is 0 Å². The van der Waals surface area contributed by atoms with Crippen LogP contribution < -0.4 is 4.74 Å². The third-order valence-electron chi connectivity index (χ3n) is 2.46. The lowest BCUT2D eigenvalue weighted by atomic mass is 10.2. The normalized spacial score (nSPS) is 10.0. The molecule has 4 heteroatoms. The summed E-state index contributed by atoms with van der Waals surface area (Å²) in [6, 6.07) is 5.44. The van der Waals surface area contributed by atoms with Crippen LogP contribution in [-0.4, -0.2) is 31.0 Å². The molecule has 0 N–H and O–H groups in total. The van der Waals surface area contributed by atoms with E-state index < -0.39 is 0 Å². The summed E-state index contributed by atoms with van der Waals surface area (Å²) in [4.78, 5) is 13.9. The van der Waals surface area contributed by atoms with E-state index in [2.05, 4.69) is 15.9 Å². The molecule has 0 aromatic heterocycles. The van der Waals surface area contributed by atoms with Crippen molar-refractivity contribution in [2.24, 2.45) is 0 Å². The van der Waals surface area contributed by atoms with E-state index in [-0.39, 0.29) is 5.91 Å². The molecule has 0 fully saturated rings. The highest BCUT2D eigenvalue weighted by atomic mass is 79.9. The molecule has 0 aliphatic heterocycles. The van der Waals surface area contributed by atoms with Crippen LogP contribution >= 0.6 is 15.9 Å². The number of nitrogens with zero attached hydrogens (tertiary/aromatic N) is 1. The summed E-state index contributed by atoms with van der Waals surface area (Å²) in [6.45, 7) is 5.35. The van der Waals surface area contributed by atoms with Crippen LogP contribution in [-0.2, 0) is 0 Å². The lowest BCUT2D eigenvalue weighted by Gasteiger charge is -2.19. The van der Waals surface area contributed by atoms with Crippen molar-refractivity contribution in [3.05, 3.63) is 28.2 Å². The maximum atomic E-state index is 12.1. The second-order valence-electron chi connectivity index (χ2n) is 3.30. The molecular formula is C12H16BrNO2. The number of rotatable bonds is 4. The topological polar surface area (TPSA) is 29.5 Å². The first kappa shape index (κ1) is 13.0. The van der Waals surface area contributed by atoms with E-state index >= 15 is 0 Å². The summed E-state index contributed by atoms with van der Waals surface area (Å²) in [5.41, 5.74) is 0.642. The van der Waals surface area contributed by atoms with Gasteiger partial charge in [0.05, 0.1) is 17.1 Å². The van der Waals surface area contributed by atoms with Crippen molar-refractivity contribution in [3.63, 3.8) is 0 Å². The van der Waals surface area contributed by atoms with E-state index in [1.807, 2.05) is 26.0 Å². The average molecular weight is 286 g/mol. The molecule has 1 amide bonds. The van der Waals surface area contributed by atoms with Crippen LogP contribution in [0.2, 0.25) is 0 Å². The second kappa shape index (κ2) is 5.89. The molecule has 0 aliphatic rings. The summed E-state index contributed by atoms with van der Waals surface area (Å²) >= 11 is 3.40. The van der Waals surface area contributed by atoms with Gasteiger partial charge in [-0.15, -0.1) is 0 Å². The van der Waals surface area contributed by atoms with Crippen LogP contribution in [0.3, 0.4) is 0 Å². The van der Waals surface area contributed by atoms with Crippen molar-refractivity contribution >= 4 is 21.8 Å². The van der Waals surface area contributed by atoms with Crippen molar-refractivity contribution in [2.75, 3.05) is 20.2 Å². The molecule has 88 valence electrons. The smallest absolute Gasteiger partial charge is 0.255 e. The third kappa shape index (κ3) is 2.55. The molecule has 0 heterocycles. The monoisotopic (exact) mass is 285 g/mol. The number of carbonyl (C=O) groups is 1. The molecule has 1 aromatic rings. The second-order valence-corrected chi connectivity index (χ2v) is 4.09. The number of amides is 1. The molecule has 0 radical (unpaired) electrons. The van der Waals surface area contributed by atoms with Gasteiger partial charge in [-0.1, -0.05) is 6.07 Å². The maximum absolute atomic E-state index is 12.1. The van der Waals surface area contributed by atoms with E-state index in [1.165, 1.54) is 0 Å². The maximum Gasteiger partial charge on any atom is 0.255 e. The van der Waals surface area contributed by atoms with Crippen LogP contribution in [0.25, 0.3) is 0 Å². The predicted octanol–water partition coefficient (Wildman–Crippen LogP) is 2.94. The first-order valence-corrected chi connectivity index (χ1v) is 6.06. The van der Waals surface area contributed by atoms with Gasteiger partial charge in [0.15, 0.2) is 0 Å². The molecule has 0 atom stereocenters. The zero-order valence-corrected chi connectivity index (χ0v) is 11.4. The van der Waals surface area contributed by atoms with Crippen LogP contribution in [0.4, 0.5) is 0 Å². The minimum Gasteiger partial charge on any atom is -0.496 e. The standard InChI is InChI=1S/C12H16BrNO2/c1-4-14(5-2)12(15)9-7-6-8-10(16-3)11(9)13/h6-8H,4-5H2,1-3H3. The lowest BCUT2D eigenvalue weighted by Crippen LogP contribution is -2.30. The summed E-state index contributed by atoms with van der Waals surface area (Å²) in [7, 11) is 1.59. The number of halogens is 1. The van der Waals surface area contributed by atoms with Gasteiger partial charge in [0.25, 0.3) is 5.91 Å². The Morgan fingerprint density at radius 2 is 2.00 bits per heavy atom. The predicted molar refractivity (Wildman–Crippen MR) is 67.9 cm³/mol. The van der Waals surface area contributed by atoms with Crippen molar-refractivity contribution in [1.82, 2.24) is 4.90 Å². The quantitative estimate of drug-likeness (QED) is 0.851. The number of ether oxygens (including phenoxy) is 1. The van der Waals surface area contributed by atoms with Gasteiger partial charge in [0, 0.05) is 13.1 Å². The van der Waals surface area contributed by atoms with Gasteiger partial charge in [0.1, 0.15) is 5.75 Å². The Kier molecular flexibility index (Phi) is 4.80. The van der Waals surface area contributed by atoms with Crippen molar-refractivity contribution in [1.29, 1.82) is 0 Å². The van der Waals surface area contributed by atoms with E-state index in [4.69, 9.17) is 4.74 Å². The first-order chi connectivity index (χ1) is 7.65. The fourth-order valence-corrected chi connectivity index (χ4v) is 2.11. The third-order valence-corrected chi connectivity index (χ3v) is 3.28. The summed E-state index contributed by atoms with van der Waals surface area (Å²) in [5.74, 6) is 0.703. The molecule has 16 heavy (non-hydrogen) atoms. The van der Waals surface area contributed by atoms with Crippen molar-refractivity contribution in [2.45, 2.75) is 13.8 Å². The number of hydrogen-bond acceptors (Lipinski definition) is 2. The van der Waals surface area contributed by atoms with Gasteiger partial charge in [-0.3, -0.25) is 4.79 Å². The molecule has 0 unspecified atom stereocenters. The number of methoxy groups -OCH3 is 1. The zero-order valence-electron chi connectivity index (χ0n) is 9.79. The van der Waals surface area contributed by atoms with Gasteiger partial charge in [0.2, 0.25) is 0 Å². The highest BCUT2D eigenvalue weighted by Gasteiger charge is 2.17. The minimum atomic E-state index is 0.0239. The summed E-state index contributed by atoms with van der Waals surface area (Å²) < 4.78 is 5.88. The number of benzene rings is 1. The highest BCUT2D eigenvalue weighted by Crippen LogP contribution is 2.29. The van der Waals surface area contributed by atoms with Gasteiger partial charge < -0.3 is 9.64 Å². The zero-order chi connectivity index (χ0) is 12.1. The Hall–Kier alpha value is -1.03. The van der Waals surface area contributed by atoms with Crippen LogP contribution in [0.15, 0.2) is 22.7 Å². The Labute approximate surface area is 105 Å². The van der Waals surface area contributed by atoms with Gasteiger partial charge >= 0.3 is 0 Å². The molecule has 3 nitrogen and oxygen atoms in total. The Morgan fingerprint density at radius 1 is 1.38 bits per heavy atom. The molecule has 1 aromatic carbocycles. The van der Waals surface area contributed by atoms with Crippen molar-refractivity contribution in [3.8, 4) is 5.75 Å². The van der Waals surface area contributed by atoms with Crippen LogP contribution in [0.1, 0.15) is 24.2 Å². The number of hydrogen-bond donors (Lipinski definition) is 0. The van der Waals surface area contributed by atoms with Gasteiger partial charge in [-0.05, 0) is 41.9 Å². The summed E-state index contributed by atoms with van der Waals surface area (Å²) in [5, 5.41) is 0. The van der Waals surface area contributed by atoms with E-state index in [1.54, 1.807) is 18.1 Å². The first-order valence-electron chi connectivity index (χ1n) is 5.27. The van der Waals surface area contributed by atoms with Gasteiger partial charge in [-0.25, -0.2) is 0 Å². The molecular weight excluding hydrogens is 270 g/mol. The fraction of sp³-hybridized carbons (Fsp3) is 0.417. The lowest BCUT2D eigenvalue weighted by molar-refractivity contribution is 0.0771. The number of carbonyl (C=O) groups excluding carboxylic acids is 1. The Bertz CT molecular complexity index is 375. The average Bonchev–Trinajstić information content (AvgIpc) is 2.30. The fourth-order valence-electron chi connectivity index (χ4n) is 1.51. The van der Waals surface area contributed by atoms with E-state index in [0.29, 0.717) is 24.4 Å². The highest BCUT2D eigenvalue weighted by molar-refractivity contribution is 9.10. The summed E-state index contributed by atoms with van der Waals surface area (Å²) in [6.07, 6.45) is 0. The SMILES string of the molecule is CCN(CC)C(=O)c1cccc(OC)c1Br.